The highest BCUT2D eigenvalue weighted by atomic mass is 32.1. The number of likely N-dealkylation sites (N-methyl/N-ethyl adjacent to an activating group) is 1. The number of amides is 1. The lowest BCUT2D eigenvalue weighted by molar-refractivity contribution is 0.0405. The SMILES string of the molecule is CN(C(=O)OC(C)(C)C)C(=S)/C=C/N1CCOCC1. The van der Waals surface area contributed by atoms with Crippen LogP contribution < -0.4 is 0 Å². The molecule has 0 aromatic rings. The Morgan fingerprint density at radius 3 is 2.47 bits per heavy atom. The molecule has 1 amide bonds. The molecule has 1 aliphatic heterocycles. The fraction of sp³-hybridized carbons (Fsp3) is 0.692. The van der Waals surface area contributed by atoms with Gasteiger partial charge in [-0.25, -0.2) is 4.79 Å². The molecule has 0 saturated carbocycles. The average Bonchev–Trinajstić information content (AvgIpc) is 2.34. The molecular formula is C13H22N2O3S. The number of carbonyl (C=O) groups is 1. The van der Waals surface area contributed by atoms with Crippen LogP contribution in [0.4, 0.5) is 4.79 Å². The predicted octanol–water partition coefficient (Wildman–Crippen LogP) is 2.03. The zero-order valence-electron chi connectivity index (χ0n) is 12.0. The van der Waals surface area contributed by atoms with Crippen LogP contribution in [0.2, 0.25) is 0 Å². The summed E-state index contributed by atoms with van der Waals surface area (Å²) in [6, 6.07) is 0. The summed E-state index contributed by atoms with van der Waals surface area (Å²) in [6.07, 6.45) is 3.19. The third-order valence-electron chi connectivity index (χ3n) is 2.47. The quantitative estimate of drug-likeness (QED) is 0.574. The van der Waals surface area contributed by atoms with Gasteiger partial charge in [0, 0.05) is 26.3 Å². The van der Waals surface area contributed by atoms with Gasteiger partial charge < -0.3 is 14.4 Å². The molecule has 0 bridgehead atoms. The zero-order chi connectivity index (χ0) is 14.5. The normalized spacial score (nSPS) is 16.5. The van der Waals surface area contributed by atoms with E-state index >= 15 is 0 Å². The van der Waals surface area contributed by atoms with Gasteiger partial charge in [0.25, 0.3) is 0 Å². The molecule has 0 aromatic heterocycles. The Morgan fingerprint density at radius 2 is 1.95 bits per heavy atom. The van der Waals surface area contributed by atoms with E-state index in [1.165, 1.54) is 4.90 Å². The summed E-state index contributed by atoms with van der Waals surface area (Å²) in [5.74, 6) is 0. The van der Waals surface area contributed by atoms with E-state index in [1.807, 2.05) is 27.0 Å². The summed E-state index contributed by atoms with van der Waals surface area (Å²) in [6.45, 7) is 8.60. The Morgan fingerprint density at radius 1 is 1.37 bits per heavy atom. The first-order valence-electron chi connectivity index (χ1n) is 6.30. The second-order valence-electron chi connectivity index (χ2n) is 5.34. The van der Waals surface area contributed by atoms with E-state index in [-0.39, 0.29) is 0 Å². The maximum atomic E-state index is 11.8. The third-order valence-corrected chi connectivity index (χ3v) is 2.88. The van der Waals surface area contributed by atoms with Crippen molar-refractivity contribution < 1.29 is 14.3 Å². The first kappa shape index (κ1) is 15.9. The van der Waals surface area contributed by atoms with E-state index in [4.69, 9.17) is 21.7 Å². The van der Waals surface area contributed by atoms with E-state index < -0.39 is 11.7 Å². The van der Waals surface area contributed by atoms with Crippen LogP contribution in [0.5, 0.6) is 0 Å². The summed E-state index contributed by atoms with van der Waals surface area (Å²) in [7, 11) is 1.61. The Kier molecular flexibility index (Phi) is 5.75. The van der Waals surface area contributed by atoms with Crippen LogP contribution in [0, 0.1) is 0 Å². The van der Waals surface area contributed by atoms with Gasteiger partial charge in [0.15, 0.2) is 0 Å². The largest absolute Gasteiger partial charge is 0.443 e. The predicted molar refractivity (Wildman–Crippen MR) is 78.1 cm³/mol. The Bertz CT molecular complexity index is 357. The smallest absolute Gasteiger partial charge is 0.415 e. The third kappa shape index (κ3) is 6.02. The highest BCUT2D eigenvalue weighted by Crippen LogP contribution is 2.10. The van der Waals surface area contributed by atoms with E-state index in [1.54, 1.807) is 13.1 Å². The summed E-state index contributed by atoms with van der Waals surface area (Å²) in [5, 5.41) is 0. The molecule has 108 valence electrons. The number of rotatable bonds is 2. The molecule has 1 rings (SSSR count). The van der Waals surface area contributed by atoms with Crippen molar-refractivity contribution in [3.8, 4) is 0 Å². The highest BCUT2D eigenvalue weighted by Gasteiger charge is 2.21. The minimum atomic E-state index is -0.519. The number of hydrogen-bond acceptors (Lipinski definition) is 5. The summed E-state index contributed by atoms with van der Waals surface area (Å²) in [4.78, 5) is 15.7. The van der Waals surface area contributed by atoms with Gasteiger partial charge in [-0.2, -0.15) is 0 Å². The molecule has 1 saturated heterocycles. The number of thiocarbonyl (C=S) groups is 1. The van der Waals surface area contributed by atoms with E-state index in [0.717, 1.165) is 26.3 Å². The number of hydrogen-bond donors (Lipinski definition) is 0. The van der Waals surface area contributed by atoms with Crippen molar-refractivity contribution in [2.24, 2.45) is 0 Å². The maximum absolute atomic E-state index is 11.8. The molecule has 1 heterocycles. The van der Waals surface area contributed by atoms with Gasteiger partial charge >= 0.3 is 6.09 Å². The molecule has 0 atom stereocenters. The molecule has 1 aliphatic rings. The van der Waals surface area contributed by atoms with Crippen LogP contribution in [0.3, 0.4) is 0 Å². The van der Waals surface area contributed by atoms with E-state index in [0.29, 0.717) is 4.99 Å². The summed E-state index contributed by atoms with van der Waals surface area (Å²) >= 11 is 5.19. The Labute approximate surface area is 120 Å². The van der Waals surface area contributed by atoms with Crippen LogP contribution in [-0.2, 0) is 9.47 Å². The topological polar surface area (TPSA) is 42.0 Å². The average molecular weight is 286 g/mol. The lowest BCUT2D eigenvalue weighted by Crippen LogP contribution is -2.37. The van der Waals surface area contributed by atoms with Gasteiger partial charge in [0.2, 0.25) is 0 Å². The van der Waals surface area contributed by atoms with Crippen molar-refractivity contribution in [2.75, 3.05) is 33.4 Å². The maximum Gasteiger partial charge on any atom is 0.415 e. The van der Waals surface area contributed by atoms with Crippen molar-refractivity contribution in [3.63, 3.8) is 0 Å². The standard InChI is InChI=1S/C13H22N2O3S/c1-13(2,3)18-12(16)14(4)11(19)5-6-15-7-9-17-10-8-15/h5-6H,7-10H2,1-4H3/b6-5+. The van der Waals surface area contributed by atoms with Crippen molar-refractivity contribution in [1.82, 2.24) is 9.80 Å². The van der Waals surface area contributed by atoms with Crippen LogP contribution in [-0.4, -0.2) is 59.8 Å². The van der Waals surface area contributed by atoms with Crippen LogP contribution >= 0.6 is 12.2 Å². The molecule has 1 fully saturated rings. The minimum Gasteiger partial charge on any atom is -0.443 e. The van der Waals surface area contributed by atoms with Gasteiger partial charge in [-0.05, 0) is 26.8 Å². The van der Waals surface area contributed by atoms with Gasteiger partial charge in [-0.3, -0.25) is 4.90 Å². The highest BCUT2D eigenvalue weighted by molar-refractivity contribution is 7.80. The van der Waals surface area contributed by atoms with E-state index in [9.17, 15) is 4.79 Å². The summed E-state index contributed by atoms with van der Waals surface area (Å²) in [5.41, 5.74) is -0.519. The Hall–Kier alpha value is -1.14. The lowest BCUT2D eigenvalue weighted by atomic mass is 10.2. The molecule has 19 heavy (non-hydrogen) atoms. The van der Waals surface area contributed by atoms with Gasteiger partial charge in [0.1, 0.15) is 10.6 Å². The van der Waals surface area contributed by atoms with Crippen LogP contribution in [0.15, 0.2) is 12.3 Å². The Balaban J connectivity index is 2.47. The molecule has 0 radical (unpaired) electrons. The molecule has 0 aromatic carbocycles. The van der Waals surface area contributed by atoms with Crippen LogP contribution in [0.1, 0.15) is 20.8 Å². The second-order valence-corrected chi connectivity index (χ2v) is 5.76. The fourth-order valence-corrected chi connectivity index (χ4v) is 1.56. The van der Waals surface area contributed by atoms with E-state index in [2.05, 4.69) is 4.90 Å². The molecule has 0 aliphatic carbocycles. The van der Waals surface area contributed by atoms with Crippen LogP contribution in [0.25, 0.3) is 0 Å². The van der Waals surface area contributed by atoms with Gasteiger partial charge in [-0.15, -0.1) is 0 Å². The molecule has 5 nitrogen and oxygen atoms in total. The van der Waals surface area contributed by atoms with Crippen molar-refractivity contribution >= 4 is 23.3 Å². The van der Waals surface area contributed by atoms with Crippen molar-refractivity contribution in [3.05, 3.63) is 12.3 Å². The van der Waals surface area contributed by atoms with Gasteiger partial charge in [-0.1, -0.05) is 12.2 Å². The molecular weight excluding hydrogens is 264 g/mol. The number of nitrogens with zero attached hydrogens (tertiary/aromatic N) is 2. The first-order valence-corrected chi connectivity index (χ1v) is 6.71. The summed E-state index contributed by atoms with van der Waals surface area (Å²) < 4.78 is 10.5. The lowest BCUT2D eigenvalue weighted by Gasteiger charge is -2.26. The molecule has 0 N–H and O–H groups in total. The van der Waals surface area contributed by atoms with Gasteiger partial charge in [0.05, 0.1) is 13.2 Å². The first-order chi connectivity index (χ1) is 8.79. The number of carbonyl (C=O) groups excluding carboxylic acids is 1. The second kappa shape index (κ2) is 6.86. The molecule has 6 heteroatoms. The molecule has 0 unspecified atom stereocenters. The number of ether oxygens (including phenoxy) is 2. The number of morpholine rings is 1. The zero-order valence-corrected chi connectivity index (χ0v) is 12.8. The fourth-order valence-electron chi connectivity index (χ4n) is 1.43. The monoisotopic (exact) mass is 286 g/mol. The van der Waals surface area contributed by atoms with Crippen molar-refractivity contribution in [2.45, 2.75) is 26.4 Å². The van der Waals surface area contributed by atoms with Crippen molar-refractivity contribution in [1.29, 1.82) is 0 Å². The molecule has 0 spiro atoms. The minimum absolute atomic E-state index is 0.431.